The summed E-state index contributed by atoms with van der Waals surface area (Å²) in [4.78, 5) is 0. The van der Waals surface area contributed by atoms with E-state index in [2.05, 4.69) is 38.1 Å². The Balaban J connectivity index is 2.10. The molecule has 0 saturated carbocycles. The van der Waals surface area contributed by atoms with Gasteiger partial charge < -0.3 is 0 Å². The molecule has 1 atom stereocenters. The first-order chi connectivity index (χ1) is 8.70. The quantitative estimate of drug-likeness (QED) is 0.770. The maximum atomic E-state index is 6.08. The molecule has 2 aliphatic rings. The van der Waals surface area contributed by atoms with Gasteiger partial charge in [-0.1, -0.05) is 0 Å². The molecule has 1 saturated heterocycles. The number of hydrogen-bond donors (Lipinski definition) is 0. The van der Waals surface area contributed by atoms with Gasteiger partial charge in [0.25, 0.3) is 0 Å². The molecule has 3 rings (SSSR count). The Bertz CT molecular complexity index is 474. The van der Waals surface area contributed by atoms with Crippen LogP contribution in [-0.2, 0) is 20.0 Å². The van der Waals surface area contributed by atoms with E-state index < -0.39 is 7.28 Å². The summed E-state index contributed by atoms with van der Waals surface area (Å²) in [5, 5.41) is 1.06. The molecule has 18 heavy (non-hydrogen) atoms. The predicted molar refractivity (Wildman–Crippen MR) is 74.0 cm³/mol. The van der Waals surface area contributed by atoms with Gasteiger partial charge in [-0.05, 0) is 0 Å². The van der Waals surface area contributed by atoms with Crippen LogP contribution in [0.4, 0.5) is 0 Å². The van der Waals surface area contributed by atoms with E-state index in [1.54, 1.807) is 6.26 Å². The van der Waals surface area contributed by atoms with Gasteiger partial charge in [0.1, 0.15) is 0 Å². The van der Waals surface area contributed by atoms with E-state index in [1.807, 2.05) is 6.08 Å². The van der Waals surface area contributed by atoms with Gasteiger partial charge in [-0.2, -0.15) is 0 Å². The molecular formula is C14H19O3P. The molecule has 1 spiro atoms. The van der Waals surface area contributed by atoms with E-state index >= 15 is 0 Å². The zero-order valence-corrected chi connectivity index (χ0v) is 11.7. The van der Waals surface area contributed by atoms with E-state index in [4.69, 9.17) is 13.6 Å². The number of allylic oxidation sites excluding steroid dienone is 1. The summed E-state index contributed by atoms with van der Waals surface area (Å²) in [5.74, 6) is 0. The Kier molecular flexibility index (Phi) is 2.74. The third-order valence-corrected chi connectivity index (χ3v) is 8.55. The Morgan fingerprint density at radius 3 is 2.33 bits per heavy atom. The Morgan fingerprint density at radius 2 is 1.83 bits per heavy atom. The molecule has 2 heterocycles. The fraction of sp³-hybridized carbons (Fsp3) is 0.429. The Labute approximate surface area is 108 Å². The summed E-state index contributed by atoms with van der Waals surface area (Å²) >= 11 is 0. The van der Waals surface area contributed by atoms with Crippen molar-refractivity contribution in [3.63, 3.8) is 0 Å². The van der Waals surface area contributed by atoms with Crippen molar-refractivity contribution >= 4 is 12.6 Å². The van der Waals surface area contributed by atoms with Crippen LogP contribution in [-0.4, -0.2) is 18.9 Å². The van der Waals surface area contributed by atoms with E-state index in [0.29, 0.717) is 13.2 Å². The second-order valence-electron chi connectivity index (χ2n) is 4.80. The molecule has 0 aliphatic carbocycles. The molecule has 0 bridgehead atoms. The number of rotatable bonds is 2. The molecule has 98 valence electrons. The Morgan fingerprint density at radius 1 is 1.17 bits per heavy atom. The van der Waals surface area contributed by atoms with E-state index in [-0.39, 0.29) is 5.66 Å². The first-order valence-corrected chi connectivity index (χ1v) is 8.53. The van der Waals surface area contributed by atoms with Crippen LogP contribution in [0.2, 0.25) is 0 Å². The topological polar surface area (TPSA) is 27.7 Å². The third kappa shape index (κ3) is 1.41. The van der Waals surface area contributed by atoms with Gasteiger partial charge in [-0.15, -0.1) is 0 Å². The zero-order chi connectivity index (χ0) is 12.7. The molecule has 1 unspecified atom stereocenters. The van der Waals surface area contributed by atoms with Gasteiger partial charge in [0.15, 0.2) is 0 Å². The first kappa shape index (κ1) is 12.2. The standard InChI is InChI=1S/C14H19O3P/c1-3-13-4-6-14(7-5-13)18(16-10-11-17-18)12(2)8-9-15-18/h4-9,12H,3,10-11H2,1-2H3. The van der Waals surface area contributed by atoms with Crippen molar-refractivity contribution in [3.8, 4) is 0 Å². The van der Waals surface area contributed by atoms with Crippen LogP contribution in [0.15, 0.2) is 36.6 Å². The summed E-state index contributed by atoms with van der Waals surface area (Å²) in [6.45, 7) is 5.48. The fourth-order valence-corrected chi connectivity index (χ4v) is 6.65. The second kappa shape index (κ2) is 4.06. The van der Waals surface area contributed by atoms with Crippen molar-refractivity contribution in [2.24, 2.45) is 0 Å². The van der Waals surface area contributed by atoms with E-state index in [0.717, 1.165) is 11.7 Å². The summed E-state index contributed by atoms with van der Waals surface area (Å²) < 4.78 is 18.1. The van der Waals surface area contributed by atoms with Gasteiger partial charge >= 0.3 is 107 Å². The second-order valence-corrected chi connectivity index (χ2v) is 8.75. The summed E-state index contributed by atoms with van der Waals surface area (Å²) in [5.41, 5.74) is 1.47. The van der Waals surface area contributed by atoms with E-state index in [9.17, 15) is 0 Å². The van der Waals surface area contributed by atoms with E-state index in [1.165, 1.54) is 5.56 Å². The molecule has 3 nitrogen and oxygen atoms in total. The normalized spacial score (nSPS) is 29.9. The summed E-state index contributed by atoms with van der Waals surface area (Å²) in [7, 11) is -3.13. The van der Waals surface area contributed by atoms with Crippen LogP contribution in [0.5, 0.6) is 0 Å². The average Bonchev–Trinajstić information content (AvgIpc) is 2.99. The number of benzene rings is 1. The van der Waals surface area contributed by atoms with Crippen molar-refractivity contribution in [2.45, 2.75) is 25.9 Å². The SMILES string of the molecule is CCc1ccc(P23(OC=CC2C)OCCO3)cc1. The molecule has 1 aromatic carbocycles. The fourth-order valence-electron chi connectivity index (χ4n) is 2.71. The van der Waals surface area contributed by atoms with Gasteiger partial charge in [0.2, 0.25) is 0 Å². The predicted octanol–water partition coefficient (Wildman–Crippen LogP) is 3.15. The van der Waals surface area contributed by atoms with Crippen molar-refractivity contribution in [1.82, 2.24) is 0 Å². The summed E-state index contributed by atoms with van der Waals surface area (Å²) in [6.07, 6.45) is 4.81. The van der Waals surface area contributed by atoms with Crippen molar-refractivity contribution in [3.05, 3.63) is 42.2 Å². The molecule has 0 amide bonds. The van der Waals surface area contributed by atoms with Crippen LogP contribution in [0.3, 0.4) is 0 Å². The van der Waals surface area contributed by atoms with Crippen molar-refractivity contribution in [2.75, 3.05) is 13.2 Å². The molecule has 4 heteroatoms. The van der Waals surface area contributed by atoms with Gasteiger partial charge in [0, 0.05) is 0 Å². The molecule has 0 aromatic heterocycles. The van der Waals surface area contributed by atoms with Crippen LogP contribution >= 0.6 is 7.28 Å². The number of aryl methyl sites for hydroxylation is 1. The van der Waals surface area contributed by atoms with Gasteiger partial charge in [-0.3, -0.25) is 0 Å². The minimum absolute atomic E-state index is 0.158. The van der Waals surface area contributed by atoms with Gasteiger partial charge in [-0.25, -0.2) is 0 Å². The molecule has 0 N–H and O–H groups in total. The Hall–Kier alpha value is -0.890. The minimum atomic E-state index is -3.13. The first-order valence-electron chi connectivity index (χ1n) is 6.47. The molecule has 1 fully saturated rings. The molecule has 2 aliphatic heterocycles. The van der Waals surface area contributed by atoms with Crippen molar-refractivity contribution in [1.29, 1.82) is 0 Å². The monoisotopic (exact) mass is 266 g/mol. The zero-order valence-electron chi connectivity index (χ0n) is 10.8. The molecular weight excluding hydrogens is 247 g/mol. The average molecular weight is 266 g/mol. The maximum absolute atomic E-state index is 6.08. The van der Waals surface area contributed by atoms with Gasteiger partial charge in [0.05, 0.1) is 0 Å². The summed E-state index contributed by atoms with van der Waals surface area (Å²) in [6, 6.07) is 8.48. The van der Waals surface area contributed by atoms with Crippen LogP contribution in [0.1, 0.15) is 19.4 Å². The third-order valence-electron chi connectivity index (χ3n) is 3.88. The van der Waals surface area contributed by atoms with Crippen LogP contribution in [0.25, 0.3) is 0 Å². The molecule has 1 aromatic rings. The number of hydrogen-bond acceptors (Lipinski definition) is 3. The van der Waals surface area contributed by atoms with Crippen LogP contribution in [0, 0.1) is 0 Å². The van der Waals surface area contributed by atoms with Crippen LogP contribution < -0.4 is 5.30 Å². The molecule has 0 radical (unpaired) electrons. The van der Waals surface area contributed by atoms with Crippen molar-refractivity contribution < 1.29 is 13.6 Å².